The zero-order chi connectivity index (χ0) is 17.3. The smallest absolute Gasteiger partial charge is 0.266 e. The van der Waals surface area contributed by atoms with Gasteiger partial charge in [-0.2, -0.15) is 5.26 Å². The van der Waals surface area contributed by atoms with Crippen molar-refractivity contribution in [2.75, 3.05) is 5.32 Å². The van der Waals surface area contributed by atoms with Crippen molar-refractivity contribution in [1.82, 2.24) is 0 Å². The molecule has 0 saturated heterocycles. The van der Waals surface area contributed by atoms with Crippen LogP contribution in [0.2, 0.25) is 10.0 Å². The molecule has 0 aliphatic carbocycles. The van der Waals surface area contributed by atoms with Crippen molar-refractivity contribution in [1.29, 1.82) is 5.26 Å². The average Bonchev–Trinajstić information content (AvgIpc) is 3.13. The number of carbonyl (C=O) groups is 1. The van der Waals surface area contributed by atoms with E-state index in [9.17, 15) is 10.1 Å². The molecule has 7 heteroatoms. The number of halogens is 2. The van der Waals surface area contributed by atoms with Crippen molar-refractivity contribution < 1.29 is 4.79 Å². The highest BCUT2D eigenvalue weighted by Crippen LogP contribution is 2.39. The van der Waals surface area contributed by atoms with Gasteiger partial charge in [-0.3, -0.25) is 4.79 Å². The molecule has 120 valence electrons. The molecule has 1 amide bonds. The summed E-state index contributed by atoms with van der Waals surface area (Å²) in [4.78, 5) is 14.0. The van der Waals surface area contributed by atoms with Crippen LogP contribution in [0.25, 0.3) is 11.1 Å². The third-order valence-corrected chi connectivity index (χ3v) is 5.76. The van der Waals surface area contributed by atoms with Crippen molar-refractivity contribution >= 4 is 56.8 Å². The topological polar surface area (TPSA) is 52.9 Å². The van der Waals surface area contributed by atoms with Crippen LogP contribution in [0, 0.1) is 18.3 Å². The van der Waals surface area contributed by atoms with E-state index in [1.807, 2.05) is 18.4 Å². The molecule has 0 atom stereocenters. The van der Waals surface area contributed by atoms with Gasteiger partial charge in [0.2, 0.25) is 0 Å². The summed E-state index contributed by atoms with van der Waals surface area (Å²) in [6, 6.07) is 10.9. The van der Waals surface area contributed by atoms with Gasteiger partial charge in [0.05, 0.1) is 10.4 Å². The van der Waals surface area contributed by atoms with Crippen molar-refractivity contribution in [3.8, 4) is 17.2 Å². The van der Waals surface area contributed by atoms with Gasteiger partial charge in [-0.1, -0.05) is 29.3 Å². The number of benzene rings is 1. The summed E-state index contributed by atoms with van der Waals surface area (Å²) in [5, 5.41) is 15.6. The number of aryl methyl sites for hydroxylation is 1. The summed E-state index contributed by atoms with van der Waals surface area (Å²) in [5.74, 6) is -0.222. The molecule has 0 fully saturated rings. The van der Waals surface area contributed by atoms with Crippen molar-refractivity contribution in [2.24, 2.45) is 0 Å². The average molecular weight is 393 g/mol. The number of hydrogen-bond acceptors (Lipinski definition) is 4. The molecule has 0 spiro atoms. The van der Waals surface area contributed by atoms with Gasteiger partial charge in [-0.05, 0) is 31.2 Å². The minimum atomic E-state index is -0.222. The van der Waals surface area contributed by atoms with Crippen LogP contribution in [0.4, 0.5) is 5.00 Å². The molecule has 3 aromatic rings. The summed E-state index contributed by atoms with van der Waals surface area (Å²) in [5.41, 5.74) is 1.79. The Morgan fingerprint density at radius 3 is 2.62 bits per heavy atom. The van der Waals surface area contributed by atoms with Crippen LogP contribution >= 0.6 is 45.9 Å². The maximum Gasteiger partial charge on any atom is 0.266 e. The minimum Gasteiger partial charge on any atom is -0.312 e. The molecule has 3 rings (SSSR count). The number of thiophene rings is 2. The molecular weight excluding hydrogens is 383 g/mol. The Morgan fingerprint density at radius 2 is 2.00 bits per heavy atom. The monoisotopic (exact) mass is 392 g/mol. The predicted octanol–water partition coefficient (Wildman–Crippen LogP) is 6.22. The summed E-state index contributed by atoms with van der Waals surface area (Å²) in [6.45, 7) is 1.94. The predicted molar refractivity (Wildman–Crippen MR) is 101 cm³/mol. The molecule has 2 heterocycles. The molecule has 2 aromatic heterocycles. The molecule has 1 aromatic carbocycles. The van der Waals surface area contributed by atoms with Gasteiger partial charge in [0.25, 0.3) is 5.91 Å². The van der Waals surface area contributed by atoms with E-state index < -0.39 is 0 Å². The first-order valence-electron chi connectivity index (χ1n) is 6.84. The van der Waals surface area contributed by atoms with E-state index in [-0.39, 0.29) is 5.91 Å². The van der Waals surface area contributed by atoms with Crippen molar-refractivity contribution in [2.45, 2.75) is 6.92 Å². The maximum atomic E-state index is 12.3. The van der Waals surface area contributed by atoms with Crippen molar-refractivity contribution in [3.05, 3.63) is 61.1 Å². The third kappa shape index (κ3) is 3.33. The number of amides is 1. The highest BCUT2D eigenvalue weighted by molar-refractivity contribution is 7.16. The van der Waals surface area contributed by atoms with Gasteiger partial charge < -0.3 is 5.32 Å². The molecule has 0 aliphatic heterocycles. The first-order chi connectivity index (χ1) is 11.5. The Bertz CT molecular complexity index is 969. The molecule has 0 unspecified atom stereocenters. The number of carbonyl (C=O) groups excluding carboxylic acids is 1. The number of rotatable bonds is 3. The van der Waals surface area contributed by atoms with Crippen LogP contribution in [0.5, 0.6) is 0 Å². The van der Waals surface area contributed by atoms with Gasteiger partial charge in [0, 0.05) is 31.4 Å². The van der Waals surface area contributed by atoms with E-state index in [0.717, 1.165) is 4.88 Å². The Labute approximate surface area is 157 Å². The highest BCUT2D eigenvalue weighted by atomic mass is 35.5. The lowest BCUT2D eigenvalue weighted by molar-refractivity contribution is 0.103. The lowest BCUT2D eigenvalue weighted by atomic mass is 10.0. The number of anilines is 1. The molecule has 3 nitrogen and oxygen atoms in total. The minimum absolute atomic E-state index is 0.222. The summed E-state index contributed by atoms with van der Waals surface area (Å²) < 4.78 is 0. The fourth-order valence-electron chi connectivity index (χ4n) is 2.19. The van der Waals surface area contributed by atoms with Gasteiger partial charge in [-0.15, -0.1) is 22.7 Å². The molecule has 24 heavy (non-hydrogen) atoms. The van der Waals surface area contributed by atoms with E-state index in [2.05, 4.69) is 11.4 Å². The molecule has 0 aliphatic rings. The zero-order valence-electron chi connectivity index (χ0n) is 12.4. The van der Waals surface area contributed by atoms with Gasteiger partial charge in [0.1, 0.15) is 11.1 Å². The quantitative estimate of drug-likeness (QED) is 0.575. The fraction of sp³-hybridized carbons (Fsp3) is 0.0588. The number of nitriles is 1. The number of hydrogen-bond donors (Lipinski definition) is 1. The summed E-state index contributed by atoms with van der Waals surface area (Å²) >= 11 is 14.9. The zero-order valence-corrected chi connectivity index (χ0v) is 15.5. The first-order valence-corrected chi connectivity index (χ1v) is 9.29. The number of nitrogens with zero attached hydrogens (tertiary/aromatic N) is 1. The SMILES string of the molecule is Cc1ccc(C(=O)Nc2scc(-c3ccc(Cl)cc3Cl)c2C#N)s1. The van der Waals surface area contributed by atoms with Crippen LogP contribution in [-0.2, 0) is 0 Å². The standard InChI is InChI=1S/C17H10Cl2N2OS2/c1-9-2-5-15(24-9)16(22)21-17-12(7-20)13(8-23-17)11-4-3-10(18)6-14(11)19/h2-6,8H,1H3,(H,21,22). The Morgan fingerprint density at radius 1 is 1.21 bits per heavy atom. The molecule has 0 saturated carbocycles. The van der Waals surface area contributed by atoms with E-state index in [1.54, 1.807) is 24.3 Å². The Balaban J connectivity index is 1.95. The summed E-state index contributed by atoms with van der Waals surface area (Å²) in [7, 11) is 0. The van der Waals surface area contributed by atoms with E-state index in [1.165, 1.54) is 22.7 Å². The van der Waals surface area contributed by atoms with Crippen LogP contribution in [-0.4, -0.2) is 5.91 Å². The van der Waals surface area contributed by atoms with Crippen molar-refractivity contribution in [3.63, 3.8) is 0 Å². The lowest BCUT2D eigenvalue weighted by Crippen LogP contribution is -2.09. The third-order valence-electron chi connectivity index (χ3n) is 3.32. The first kappa shape index (κ1) is 17.0. The van der Waals surface area contributed by atoms with E-state index >= 15 is 0 Å². The normalized spacial score (nSPS) is 10.4. The van der Waals surface area contributed by atoms with Gasteiger partial charge >= 0.3 is 0 Å². The number of nitrogens with one attached hydrogen (secondary N) is 1. The second-order valence-electron chi connectivity index (χ2n) is 4.95. The molecule has 0 radical (unpaired) electrons. The van der Waals surface area contributed by atoms with E-state index in [0.29, 0.717) is 36.6 Å². The van der Waals surface area contributed by atoms with Crippen LogP contribution in [0.15, 0.2) is 35.7 Å². The van der Waals surface area contributed by atoms with Crippen LogP contribution < -0.4 is 5.32 Å². The second kappa shape index (κ2) is 6.96. The van der Waals surface area contributed by atoms with Gasteiger partial charge in [0.15, 0.2) is 0 Å². The molecule has 0 bridgehead atoms. The Kier molecular flexibility index (Phi) is 4.93. The Hall–Kier alpha value is -1.84. The maximum absolute atomic E-state index is 12.3. The fourth-order valence-corrected chi connectivity index (χ4v) is 4.37. The van der Waals surface area contributed by atoms with Gasteiger partial charge in [-0.25, -0.2) is 0 Å². The van der Waals surface area contributed by atoms with Crippen LogP contribution in [0.1, 0.15) is 20.1 Å². The largest absolute Gasteiger partial charge is 0.312 e. The summed E-state index contributed by atoms with van der Waals surface area (Å²) in [6.07, 6.45) is 0. The van der Waals surface area contributed by atoms with Crippen LogP contribution in [0.3, 0.4) is 0 Å². The van der Waals surface area contributed by atoms with E-state index in [4.69, 9.17) is 23.2 Å². The lowest BCUT2D eigenvalue weighted by Gasteiger charge is -2.05. The second-order valence-corrected chi connectivity index (χ2v) is 7.97. The highest BCUT2D eigenvalue weighted by Gasteiger charge is 2.18. The molecule has 1 N–H and O–H groups in total. The molecular formula is C17H10Cl2N2OS2.